The lowest BCUT2D eigenvalue weighted by atomic mass is 9.84. The van der Waals surface area contributed by atoms with Gasteiger partial charge < -0.3 is 5.11 Å². The Labute approximate surface area is 126 Å². The Bertz CT molecular complexity index is 671. The van der Waals surface area contributed by atoms with Crippen LogP contribution < -0.4 is 0 Å². The fourth-order valence-electron chi connectivity index (χ4n) is 2.92. The molecule has 110 valence electrons. The van der Waals surface area contributed by atoms with Gasteiger partial charge in [0.15, 0.2) is 0 Å². The van der Waals surface area contributed by atoms with Gasteiger partial charge in [0.1, 0.15) is 0 Å². The number of carboxylic acid groups (broad SMARTS) is 1. The molecule has 5 nitrogen and oxygen atoms in total. The van der Waals surface area contributed by atoms with Crippen molar-refractivity contribution in [3.05, 3.63) is 28.2 Å². The Hall–Kier alpha value is -1.08. The predicted molar refractivity (Wildman–Crippen MR) is 78.0 cm³/mol. The average Bonchev–Trinajstić information content (AvgIpc) is 2.41. The van der Waals surface area contributed by atoms with Gasteiger partial charge in [-0.3, -0.25) is 0 Å². The SMILES string of the molecule is CC(C)CC1(C)c2cc(Br)ccc2S(=O)(=O)N1C(=O)O. The zero-order valence-corrected chi connectivity index (χ0v) is 13.8. The van der Waals surface area contributed by atoms with Crippen molar-refractivity contribution < 1.29 is 18.3 Å². The highest BCUT2D eigenvalue weighted by Gasteiger charge is 2.54. The van der Waals surface area contributed by atoms with Crippen molar-refractivity contribution in [1.29, 1.82) is 0 Å². The molecule has 20 heavy (non-hydrogen) atoms. The van der Waals surface area contributed by atoms with E-state index in [1.807, 2.05) is 13.8 Å². The van der Waals surface area contributed by atoms with E-state index in [-0.39, 0.29) is 10.8 Å². The summed E-state index contributed by atoms with van der Waals surface area (Å²) in [7, 11) is -4.00. The van der Waals surface area contributed by atoms with Crippen LogP contribution >= 0.6 is 15.9 Å². The van der Waals surface area contributed by atoms with Crippen molar-refractivity contribution in [2.75, 3.05) is 0 Å². The number of sulfonamides is 1. The minimum atomic E-state index is -4.00. The van der Waals surface area contributed by atoms with Gasteiger partial charge >= 0.3 is 6.09 Å². The second-order valence-electron chi connectivity index (χ2n) is 5.56. The molecule has 0 spiro atoms. The third-order valence-corrected chi connectivity index (χ3v) is 5.91. The lowest BCUT2D eigenvalue weighted by Gasteiger charge is -2.33. The van der Waals surface area contributed by atoms with Crippen LogP contribution in [0.25, 0.3) is 0 Å². The third-order valence-electron chi connectivity index (χ3n) is 3.47. The highest BCUT2D eigenvalue weighted by Crippen LogP contribution is 2.48. The molecular weight excluding hydrogens is 346 g/mol. The fraction of sp³-hybridized carbons (Fsp3) is 0.462. The number of nitrogens with zero attached hydrogens (tertiary/aromatic N) is 1. The zero-order chi connectivity index (χ0) is 15.3. The number of benzene rings is 1. The van der Waals surface area contributed by atoms with Crippen LogP contribution in [0.3, 0.4) is 0 Å². The zero-order valence-electron chi connectivity index (χ0n) is 11.4. The first-order valence-corrected chi connectivity index (χ1v) is 8.42. The quantitative estimate of drug-likeness (QED) is 0.875. The molecule has 1 atom stereocenters. The maximum atomic E-state index is 12.5. The van der Waals surface area contributed by atoms with Gasteiger partial charge in [-0.15, -0.1) is 0 Å². The van der Waals surface area contributed by atoms with Gasteiger partial charge in [-0.2, -0.15) is 4.31 Å². The Morgan fingerprint density at radius 2 is 2.05 bits per heavy atom. The highest BCUT2D eigenvalue weighted by atomic mass is 79.9. The molecule has 0 radical (unpaired) electrons. The van der Waals surface area contributed by atoms with Crippen LogP contribution in [0.1, 0.15) is 32.8 Å². The van der Waals surface area contributed by atoms with Gasteiger partial charge in [0.25, 0.3) is 10.0 Å². The normalized spacial score (nSPS) is 23.9. The van der Waals surface area contributed by atoms with Crippen LogP contribution in [-0.4, -0.2) is 23.9 Å². The Kier molecular flexibility index (Phi) is 3.62. The summed E-state index contributed by atoms with van der Waals surface area (Å²) in [6, 6.07) is 4.76. The van der Waals surface area contributed by atoms with Gasteiger partial charge in [0.2, 0.25) is 0 Å². The monoisotopic (exact) mass is 361 g/mol. The third kappa shape index (κ3) is 2.13. The molecule has 0 fully saturated rings. The molecule has 1 amide bonds. The minimum Gasteiger partial charge on any atom is -0.464 e. The van der Waals surface area contributed by atoms with E-state index in [2.05, 4.69) is 15.9 Å². The number of halogens is 1. The number of hydrogen-bond acceptors (Lipinski definition) is 3. The van der Waals surface area contributed by atoms with Crippen LogP contribution in [0.4, 0.5) is 4.79 Å². The summed E-state index contributed by atoms with van der Waals surface area (Å²) in [6.07, 6.45) is -1.01. The second kappa shape index (κ2) is 4.73. The summed E-state index contributed by atoms with van der Waals surface area (Å²) in [5, 5.41) is 9.37. The first kappa shape index (κ1) is 15.3. The van der Waals surface area contributed by atoms with Crippen LogP contribution in [0.15, 0.2) is 27.6 Å². The van der Waals surface area contributed by atoms with E-state index >= 15 is 0 Å². The number of hydrogen-bond donors (Lipinski definition) is 1. The lowest BCUT2D eigenvalue weighted by Crippen LogP contribution is -2.45. The van der Waals surface area contributed by atoms with E-state index in [9.17, 15) is 18.3 Å². The van der Waals surface area contributed by atoms with Crippen LogP contribution in [0.2, 0.25) is 0 Å². The second-order valence-corrected chi connectivity index (χ2v) is 8.24. The summed E-state index contributed by atoms with van der Waals surface area (Å²) in [5.74, 6) is 0.155. The Balaban J connectivity index is 2.77. The van der Waals surface area contributed by atoms with Gasteiger partial charge in [-0.25, -0.2) is 13.2 Å². The van der Waals surface area contributed by atoms with E-state index in [0.717, 1.165) is 4.47 Å². The lowest BCUT2D eigenvalue weighted by molar-refractivity contribution is 0.128. The molecule has 1 aromatic rings. The molecule has 1 N–H and O–H groups in total. The topological polar surface area (TPSA) is 74.7 Å². The first-order valence-electron chi connectivity index (χ1n) is 6.19. The smallest absolute Gasteiger partial charge is 0.422 e. The molecule has 1 aliphatic heterocycles. The van der Waals surface area contributed by atoms with Gasteiger partial charge in [-0.05, 0) is 37.5 Å². The van der Waals surface area contributed by atoms with Crippen molar-refractivity contribution in [3.63, 3.8) is 0 Å². The number of rotatable bonds is 2. The molecular formula is C13H16BrNO4S. The van der Waals surface area contributed by atoms with Crippen molar-refractivity contribution in [2.45, 2.75) is 37.6 Å². The number of fused-ring (bicyclic) bond motifs is 1. The number of amides is 1. The minimum absolute atomic E-state index is 0.0752. The van der Waals surface area contributed by atoms with Crippen molar-refractivity contribution in [1.82, 2.24) is 4.31 Å². The molecule has 7 heteroatoms. The van der Waals surface area contributed by atoms with Gasteiger partial charge in [-0.1, -0.05) is 29.8 Å². The van der Waals surface area contributed by atoms with Crippen molar-refractivity contribution in [3.8, 4) is 0 Å². The molecule has 1 aromatic carbocycles. The maximum absolute atomic E-state index is 12.5. The van der Waals surface area contributed by atoms with Crippen LogP contribution in [-0.2, 0) is 15.6 Å². The number of carbonyl (C=O) groups is 1. The van der Waals surface area contributed by atoms with E-state index in [4.69, 9.17) is 0 Å². The largest absolute Gasteiger partial charge is 0.464 e. The van der Waals surface area contributed by atoms with Crippen molar-refractivity contribution >= 4 is 32.0 Å². The molecule has 1 unspecified atom stereocenters. The summed E-state index contributed by atoms with van der Waals surface area (Å²) < 4.78 is 26.3. The molecule has 2 rings (SSSR count). The van der Waals surface area contributed by atoms with E-state index in [1.165, 1.54) is 6.07 Å². The molecule has 0 aliphatic carbocycles. The van der Waals surface area contributed by atoms with Crippen LogP contribution in [0.5, 0.6) is 0 Å². The maximum Gasteiger partial charge on any atom is 0.422 e. The highest BCUT2D eigenvalue weighted by molar-refractivity contribution is 9.10. The van der Waals surface area contributed by atoms with Gasteiger partial charge in [0, 0.05) is 10.0 Å². The summed E-state index contributed by atoms with van der Waals surface area (Å²) in [4.78, 5) is 11.6. The summed E-state index contributed by atoms with van der Waals surface area (Å²) >= 11 is 3.32. The van der Waals surface area contributed by atoms with E-state index in [0.29, 0.717) is 16.3 Å². The predicted octanol–water partition coefficient (Wildman–Crippen LogP) is 3.39. The Morgan fingerprint density at radius 3 is 2.55 bits per heavy atom. The van der Waals surface area contributed by atoms with Gasteiger partial charge in [0.05, 0.1) is 10.4 Å². The molecule has 0 aromatic heterocycles. The van der Waals surface area contributed by atoms with E-state index in [1.54, 1.807) is 19.1 Å². The fourth-order valence-corrected chi connectivity index (χ4v) is 5.19. The molecule has 0 saturated heterocycles. The molecule has 0 saturated carbocycles. The standard InChI is InChI=1S/C13H16BrNO4S/c1-8(2)7-13(3)10-6-9(14)4-5-11(10)20(18,19)15(13)12(16)17/h4-6,8H,7H2,1-3H3,(H,16,17). The molecule has 1 aliphatic rings. The van der Waals surface area contributed by atoms with E-state index < -0.39 is 21.7 Å². The van der Waals surface area contributed by atoms with Crippen LogP contribution in [0, 0.1) is 5.92 Å². The molecule has 1 heterocycles. The average molecular weight is 362 g/mol. The first-order chi connectivity index (χ1) is 9.10. The molecule has 0 bridgehead atoms. The Morgan fingerprint density at radius 1 is 1.45 bits per heavy atom. The summed E-state index contributed by atoms with van der Waals surface area (Å²) in [5.41, 5.74) is -0.541. The van der Waals surface area contributed by atoms with Crippen molar-refractivity contribution in [2.24, 2.45) is 5.92 Å². The summed E-state index contributed by atoms with van der Waals surface area (Å²) in [6.45, 7) is 5.54.